The van der Waals surface area contributed by atoms with E-state index in [0.717, 1.165) is 39.5 Å². The molecular weight excluding hydrogens is 512 g/mol. The smallest absolute Gasteiger partial charge is 0.228 e. The Morgan fingerprint density at radius 1 is 0.976 bits per heavy atom. The average molecular weight is 543 g/mol. The molecule has 0 spiro atoms. The summed E-state index contributed by atoms with van der Waals surface area (Å²) in [5, 5.41) is 12.5. The zero-order valence-electron chi connectivity index (χ0n) is 22.6. The van der Waals surface area contributed by atoms with Gasteiger partial charge in [-0.3, -0.25) is 4.79 Å². The van der Waals surface area contributed by atoms with Gasteiger partial charge in [-0.05, 0) is 35.4 Å². The van der Waals surface area contributed by atoms with Crippen LogP contribution >= 0.6 is 0 Å². The Balaban J connectivity index is 1.08. The third kappa shape index (κ3) is 5.99. The highest BCUT2D eigenvalue weighted by atomic mass is 16.5. The summed E-state index contributed by atoms with van der Waals surface area (Å²) in [5.74, 6) is 0.889. The Hall–Kier alpha value is -5.29. The van der Waals surface area contributed by atoms with Crippen molar-refractivity contribution in [3.63, 3.8) is 0 Å². The number of rotatable bonds is 8. The van der Waals surface area contributed by atoms with E-state index in [1.807, 2.05) is 64.2 Å². The highest BCUT2D eigenvalue weighted by Gasteiger charge is 2.27. The zero-order valence-corrected chi connectivity index (χ0v) is 22.6. The number of carbonyl (C=O) groups excluding carboxylic acids is 1. The number of nitrogens with one attached hydrogen (secondary N) is 1. The summed E-state index contributed by atoms with van der Waals surface area (Å²) in [6.45, 7) is 2.97. The van der Waals surface area contributed by atoms with Crippen LogP contribution in [-0.2, 0) is 24.4 Å². The van der Waals surface area contributed by atoms with E-state index >= 15 is 0 Å². The van der Waals surface area contributed by atoms with Gasteiger partial charge in [0.25, 0.3) is 0 Å². The number of ether oxygens (including phenoxy) is 1. The number of aromatic nitrogens is 2. The van der Waals surface area contributed by atoms with Crippen molar-refractivity contribution in [3.05, 3.63) is 137 Å². The van der Waals surface area contributed by atoms with Gasteiger partial charge in [-0.2, -0.15) is 5.26 Å². The van der Waals surface area contributed by atoms with Gasteiger partial charge in [-0.1, -0.05) is 54.6 Å². The standard InChI is InChI=1S/C33H30N6O2/c34-17-25-10-12-26(13-11-25)20-39-24-35-18-28(39)16-33(40)38-15-14-37-22-31(36-19-29(37)21-38)30-8-4-5-9-32(30)41-23-27-6-2-1-3-7-27/h1-13,18-19,22,24,36H,14-16,20-21,23H2. The van der Waals surface area contributed by atoms with E-state index in [2.05, 4.69) is 45.7 Å². The lowest BCUT2D eigenvalue weighted by Gasteiger charge is -2.38. The summed E-state index contributed by atoms with van der Waals surface area (Å²) in [4.78, 5) is 21.7. The van der Waals surface area contributed by atoms with Gasteiger partial charge in [-0.15, -0.1) is 0 Å². The molecule has 3 heterocycles. The Morgan fingerprint density at radius 3 is 2.61 bits per heavy atom. The molecule has 6 rings (SSSR count). The summed E-state index contributed by atoms with van der Waals surface area (Å²) < 4.78 is 8.16. The van der Waals surface area contributed by atoms with E-state index in [1.165, 1.54) is 0 Å². The molecule has 4 aromatic rings. The number of benzene rings is 3. The molecule has 0 atom stereocenters. The van der Waals surface area contributed by atoms with Crippen molar-refractivity contribution in [3.8, 4) is 11.8 Å². The van der Waals surface area contributed by atoms with Crippen molar-refractivity contribution in [1.82, 2.24) is 24.7 Å². The fourth-order valence-corrected chi connectivity index (χ4v) is 5.06. The Morgan fingerprint density at radius 2 is 1.78 bits per heavy atom. The molecule has 0 radical (unpaired) electrons. The van der Waals surface area contributed by atoms with Crippen molar-refractivity contribution in [2.75, 3.05) is 19.6 Å². The van der Waals surface area contributed by atoms with Crippen LogP contribution < -0.4 is 10.1 Å². The first-order valence-corrected chi connectivity index (χ1v) is 13.6. The number of piperazine rings is 1. The molecule has 8 nitrogen and oxygen atoms in total. The van der Waals surface area contributed by atoms with Gasteiger partial charge < -0.3 is 24.4 Å². The molecule has 2 aliphatic heterocycles. The van der Waals surface area contributed by atoms with Crippen LogP contribution in [0.15, 0.2) is 109 Å². The van der Waals surface area contributed by atoms with Crippen LogP contribution in [0.2, 0.25) is 0 Å². The van der Waals surface area contributed by atoms with Crippen LogP contribution in [0.5, 0.6) is 5.75 Å². The highest BCUT2D eigenvalue weighted by molar-refractivity contribution is 5.79. The largest absolute Gasteiger partial charge is 0.488 e. The Labute approximate surface area is 239 Å². The molecule has 0 unspecified atom stereocenters. The van der Waals surface area contributed by atoms with Gasteiger partial charge >= 0.3 is 0 Å². The first-order valence-electron chi connectivity index (χ1n) is 13.6. The van der Waals surface area contributed by atoms with Gasteiger partial charge in [0.1, 0.15) is 12.4 Å². The van der Waals surface area contributed by atoms with Crippen molar-refractivity contribution in [2.24, 2.45) is 0 Å². The van der Waals surface area contributed by atoms with Crippen LogP contribution in [0.1, 0.15) is 27.9 Å². The van der Waals surface area contributed by atoms with Gasteiger partial charge in [0, 0.05) is 49.5 Å². The SMILES string of the molecule is N#Cc1ccc(Cn2cncc2CC(=O)N2CCN3C=C(c4ccccc4OCc4ccccc4)NC=C3C2)cc1. The fraction of sp³-hybridized carbons (Fsp3) is 0.182. The summed E-state index contributed by atoms with van der Waals surface area (Å²) in [7, 11) is 0. The molecule has 0 bridgehead atoms. The number of nitrogens with zero attached hydrogens (tertiary/aromatic N) is 5. The van der Waals surface area contributed by atoms with Crippen LogP contribution in [0.3, 0.4) is 0 Å². The number of nitriles is 1. The van der Waals surface area contributed by atoms with E-state index in [4.69, 9.17) is 10.00 Å². The fourth-order valence-electron chi connectivity index (χ4n) is 5.06. The van der Waals surface area contributed by atoms with Gasteiger partial charge in [0.15, 0.2) is 0 Å². The second-order valence-electron chi connectivity index (χ2n) is 10.1. The van der Waals surface area contributed by atoms with E-state index in [-0.39, 0.29) is 12.3 Å². The van der Waals surface area contributed by atoms with Crippen LogP contribution in [0, 0.1) is 11.3 Å². The molecule has 1 fully saturated rings. The molecule has 204 valence electrons. The molecule has 1 saturated heterocycles. The molecule has 0 aliphatic carbocycles. The Bertz CT molecular complexity index is 1630. The van der Waals surface area contributed by atoms with Crippen LogP contribution in [0.4, 0.5) is 0 Å². The van der Waals surface area contributed by atoms with Crippen molar-refractivity contribution in [2.45, 2.75) is 19.6 Å². The second-order valence-corrected chi connectivity index (χ2v) is 10.1. The maximum Gasteiger partial charge on any atom is 0.228 e. The number of fused-ring (bicyclic) bond motifs is 1. The quantitative estimate of drug-likeness (QED) is 0.353. The zero-order chi connectivity index (χ0) is 28.0. The molecule has 3 aromatic carbocycles. The Kier molecular flexibility index (Phi) is 7.50. The molecule has 1 aromatic heterocycles. The monoisotopic (exact) mass is 542 g/mol. The molecule has 8 heteroatoms. The van der Waals surface area contributed by atoms with Crippen molar-refractivity contribution >= 4 is 11.6 Å². The second kappa shape index (κ2) is 11.8. The lowest BCUT2D eigenvalue weighted by Crippen LogP contribution is -2.47. The lowest BCUT2D eigenvalue weighted by molar-refractivity contribution is -0.131. The van der Waals surface area contributed by atoms with E-state index in [1.54, 1.807) is 24.7 Å². The first-order chi connectivity index (χ1) is 20.2. The molecule has 1 N–H and O–H groups in total. The number of imidazole rings is 1. The van der Waals surface area contributed by atoms with Gasteiger partial charge in [0.2, 0.25) is 5.91 Å². The number of amides is 1. The molecular formula is C33H30N6O2. The normalized spacial score (nSPS) is 14.3. The lowest BCUT2D eigenvalue weighted by atomic mass is 10.1. The number of carbonyl (C=O) groups is 1. The van der Waals surface area contributed by atoms with Gasteiger partial charge in [0.05, 0.1) is 42.3 Å². The number of hydrogen-bond acceptors (Lipinski definition) is 6. The van der Waals surface area contributed by atoms with Gasteiger partial charge in [-0.25, -0.2) is 4.98 Å². The third-order valence-electron chi connectivity index (χ3n) is 7.35. The molecule has 1 amide bonds. The summed E-state index contributed by atoms with van der Waals surface area (Å²) >= 11 is 0. The predicted octanol–water partition coefficient (Wildman–Crippen LogP) is 4.51. The first kappa shape index (κ1) is 26.0. The minimum Gasteiger partial charge on any atom is -0.488 e. The minimum atomic E-state index is 0.0709. The summed E-state index contributed by atoms with van der Waals surface area (Å²) in [6.07, 6.45) is 7.88. The maximum atomic E-state index is 13.3. The third-order valence-corrected chi connectivity index (χ3v) is 7.35. The van der Waals surface area contributed by atoms with E-state index in [0.29, 0.717) is 38.3 Å². The molecule has 0 saturated carbocycles. The van der Waals surface area contributed by atoms with E-state index < -0.39 is 0 Å². The minimum absolute atomic E-state index is 0.0709. The average Bonchev–Trinajstić information content (AvgIpc) is 3.46. The van der Waals surface area contributed by atoms with E-state index in [9.17, 15) is 4.79 Å². The molecule has 2 aliphatic rings. The highest BCUT2D eigenvalue weighted by Crippen LogP contribution is 2.29. The van der Waals surface area contributed by atoms with Crippen LogP contribution in [-0.4, -0.2) is 44.9 Å². The summed E-state index contributed by atoms with van der Waals surface area (Å²) in [5.41, 5.74) is 6.67. The number of hydrogen-bond donors (Lipinski definition) is 1. The van der Waals surface area contributed by atoms with Crippen LogP contribution in [0.25, 0.3) is 5.70 Å². The topological polar surface area (TPSA) is 86.4 Å². The van der Waals surface area contributed by atoms with Crippen molar-refractivity contribution < 1.29 is 9.53 Å². The van der Waals surface area contributed by atoms with Crippen molar-refractivity contribution in [1.29, 1.82) is 5.26 Å². The predicted molar refractivity (Wildman–Crippen MR) is 156 cm³/mol. The maximum absolute atomic E-state index is 13.3. The summed E-state index contributed by atoms with van der Waals surface area (Å²) in [6, 6.07) is 27.8. The number of para-hydroxylation sites is 1. The molecule has 41 heavy (non-hydrogen) atoms.